The molecule has 0 aliphatic heterocycles. The van der Waals surface area contributed by atoms with Crippen molar-refractivity contribution in [3.8, 4) is 5.75 Å². The summed E-state index contributed by atoms with van der Waals surface area (Å²) in [5.41, 5.74) is 6.35. The maximum atomic E-state index is 5.64. The zero-order chi connectivity index (χ0) is 12.3. The van der Waals surface area contributed by atoms with Crippen LogP contribution in [0.5, 0.6) is 5.75 Å². The monoisotopic (exact) mass is 311 g/mol. The largest absolute Gasteiger partial charge is 0.485 e. The number of ether oxygens (including phenoxy) is 1. The number of hydrogen-bond donors (Lipinski definition) is 1. The summed E-state index contributed by atoms with van der Waals surface area (Å²) in [5, 5.41) is 0. The molecule has 17 heavy (non-hydrogen) atoms. The van der Waals surface area contributed by atoms with Gasteiger partial charge in [0.2, 0.25) is 0 Å². The van der Waals surface area contributed by atoms with Crippen molar-refractivity contribution in [1.29, 1.82) is 0 Å². The third-order valence-corrected chi connectivity index (χ3v) is 2.87. The van der Waals surface area contributed by atoms with Crippen LogP contribution in [0.15, 0.2) is 45.5 Å². The Labute approximate surface area is 113 Å². The lowest BCUT2D eigenvalue weighted by atomic mass is 10.2. The predicted molar refractivity (Wildman–Crippen MR) is 73.1 cm³/mol. The van der Waals surface area contributed by atoms with Crippen LogP contribution in [0, 0.1) is 0 Å². The van der Waals surface area contributed by atoms with Crippen LogP contribution in [0.3, 0.4) is 0 Å². The summed E-state index contributed by atoms with van der Waals surface area (Å²) in [6.07, 6.45) is 1.61. The highest BCUT2D eigenvalue weighted by Crippen LogP contribution is 2.24. The Hall–Kier alpha value is -1.33. The van der Waals surface area contributed by atoms with Gasteiger partial charge in [-0.25, -0.2) is 0 Å². The van der Waals surface area contributed by atoms with Gasteiger partial charge < -0.3 is 14.9 Å². The third-order valence-electron chi connectivity index (χ3n) is 2.16. The maximum absolute atomic E-state index is 5.64. The third kappa shape index (κ3) is 3.08. The molecule has 2 rings (SSSR count). The zero-order valence-electron chi connectivity index (χ0n) is 8.85. The van der Waals surface area contributed by atoms with Gasteiger partial charge in [0.25, 0.3) is 0 Å². The molecule has 2 N–H and O–H groups in total. The Kier molecular flexibility index (Phi) is 3.81. The first kappa shape index (κ1) is 12.1. The van der Waals surface area contributed by atoms with Crippen molar-refractivity contribution in [3.63, 3.8) is 0 Å². The molecule has 1 aromatic heterocycles. The summed E-state index contributed by atoms with van der Waals surface area (Å²) < 4.78 is 11.7. The molecule has 2 aromatic rings. The van der Waals surface area contributed by atoms with E-state index in [2.05, 4.69) is 15.9 Å². The molecule has 1 heterocycles. The average Bonchev–Trinajstić information content (AvgIpc) is 2.80. The van der Waals surface area contributed by atoms with E-state index in [-0.39, 0.29) is 0 Å². The van der Waals surface area contributed by atoms with Crippen molar-refractivity contribution in [2.45, 2.75) is 6.61 Å². The minimum absolute atomic E-state index is 0.306. The summed E-state index contributed by atoms with van der Waals surface area (Å²) in [6.45, 7) is 0.351. The highest BCUT2D eigenvalue weighted by atomic mass is 79.9. The van der Waals surface area contributed by atoms with Crippen LogP contribution in [0.4, 0.5) is 0 Å². The molecule has 1 aromatic carbocycles. The highest BCUT2D eigenvalue weighted by molar-refractivity contribution is 9.10. The van der Waals surface area contributed by atoms with Crippen LogP contribution in [0.2, 0.25) is 0 Å². The van der Waals surface area contributed by atoms with Crippen LogP contribution in [-0.4, -0.2) is 4.99 Å². The average molecular weight is 312 g/mol. The van der Waals surface area contributed by atoms with Crippen LogP contribution < -0.4 is 10.5 Å². The summed E-state index contributed by atoms with van der Waals surface area (Å²) in [5.74, 6) is 1.40. The molecular weight excluding hydrogens is 302 g/mol. The van der Waals surface area contributed by atoms with E-state index in [1.165, 1.54) is 0 Å². The Balaban J connectivity index is 2.17. The molecule has 0 radical (unpaired) electrons. The molecule has 0 aliphatic carbocycles. The first-order valence-electron chi connectivity index (χ1n) is 4.91. The molecule has 88 valence electrons. The van der Waals surface area contributed by atoms with Crippen molar-refractivity contribution in [3.05, 3.63) is 52.4 Å². The SMILES string of the molecule is NC(=S)c1cc(Br)ccc1OCc1ccco1. The summed E-state index contributed by atoms with van der Waals surface area (Å²) in [4.78, 5) is 0.306. The number of hydrogen-bond acceptors (Lipinski definition) is 3. The highest BCUT2D eigenvalue weighted by Gasteiger charge is 2.08. The van der Waals surface area contributed by atoms with E-state index in [0.29, 0.717) is 22.9 Å². The van der Waals surface area contributed by atoms with Crippen LogP contribution in [0.25, 0.3) is 0 Å². The topological polar surface area (TPSA) is 48.4 Å². The predicted octanol–water partition coefficient (Wildman–Crippen LogP) is 3.26. The maximum Gasteiger partial charge on any atom is 0.146 e. The number of furan rings is 1. The molecule has 0 amide bonds. The van der Waals surface area contributed by atoms with E-state index in [9.17, 15) is 0 Å². The Morgan fingerprint density at radius 3 is 2.88 bits per heavy atom. The van der Waals surface area contributed by atoms with Gasteiger partial charge >= 0.3 is 0 Å². The van der Waals surface area contributed by atoms with E-state index in [4.69, 9.17) is 27.1 Å². The van der Waals surface area contributed by atoms with Crippen molar-refractivity contribution < 1.29 is 9.15 Å². The molecule has 0 bridgehead atoms. The molecule has 0 saturated carbocycles. The van der Waals surface area contributed by atoms with E-state index in [1.807, 2.05) is 30.3 Å². The second kappa shape index (κ2) is 5.33. The second-order valence-corrected chi connectivity index (χ2v) is 4.73. The lowest BCUT2D eigenvalue weighted by Gasteiger charge is -2.09. The van der Waals surface area contributed by atoms with Crippen molar-refractivity contribution in [1.82, 2.24) is 0 Å². The summed E-state index contributed by atoms with van der Waals surface area (Å²) >= 11 is 8.34. The number of thiocarbonyl (C=S) groups is 1. The van der Waals surface area contributed by atoms with Crippen molar-refractivity contribution in [2.24, 2.45) is 5.73 Å². The molecular formula is C12H10BrNO2S. The molecule has 0 fully saturated rings. The Bertz CT molecular complexity index is 525. The Morgan fingerprint density at radius 2 is 2.24 bits per heavy atom. The van der Waals surface area contributed by atoms with Crippen LogP contribution in [0.1, 0.15) is 11.3 Å². The fourth-order valence-corrected chi connectivity index (χ4v) is 1.88. The van der Waals surface area contributed by atoms with Gasteiger partial charge in [-0.15, -0.1) is 0 Å². The lowest BCUT2D eigenvalue weighted by molar-refractivity contribution is 0.270. The van der Waals surface area contributed by atoms with E-state index in [1.54, 1.807) is 6.26 Å². The number of rotatable bonds is 4. The standard InChI is InChI=1S/C12H10BrNO2S/c13-8-3-4-11(10(6-8)12(14)17)16-7-9-2-1-5-15-9/h1-6H,7H2,(H2,14,17). The number of halogens is 1. The molecule has 5 heteroatoms. The molecule has 0 aliphatic rings. The van der Waals surface area contributed by atoms with Crippen molar-refractivity contribution >= 4 is 33.1 Å². The second-order valence-electron chi connectivity index (χ2n) is 3.37. The minimum atomic E-state index is 0.306. The van der Waals surface area contributed by atoms with Gasteiger partial charge in [0.05, 0.1) is 11.8 Å². The fraction of sp³-hybridized carbons (Fsp3) is 0.0833. The zero-order valence-corrected chi connectivity index (χ0v) is 11.3. The molecule has 0 saturated heterocycles. The van der Waals surface area contributed by atoms with E-state index < -0.39 is 0 Å². The van der Waals surface area contributed by atoms with E-state index in [0.717, 1.165) is 10.2 Å². The fourth-order valence-electron chi connectivity index (χ4n) is 1.36. The minimum Gasteiger partial charge on any atom is -0.485 e. The molecule has 3 nitrogen and oxygen atoms in total. The van der Waals surface area contributed by atoms with Crippen LogP contribution in [-0.2, 0) is 6.61 Å². The van der Waals surface area contributed by atoms with Gasteiger partial charge in [-0.05, 0) is 30.3 Å². The van der Waals surface area contributed by atoms with Gasteiger partial charge in [0, 0.05) is 4.47 Å². The summed E-state index contributed by atoms with van der Waals surface area (Å²) in [7, 11) is 0. The number of benzene rings is 1. The number of nitrogens with two attached hydrogens (primary N) is 1. The Morgan fingerprint density at radius 1 is 1.41 bits per heavy atom. The molecule has 0 spiro atoms. The van der Waals surface area contributed by atoms with Gasteiger partial charge in [-0.1, -0.05) is 28.1 Å². The van der Waals surface area contributed by atoms with Gasteiger partial charge in [-0.2, -0.15) is 0 Å². The molecule has 0 unspecified atom stereocenters. The van der Waals surface area contributed by atoms with Crippen molar-refractivity contribution in [2.75, 3.05) is 0 Å². The van der Waals surface area contributed by atoms with Crippen LogP contribution >= 0.6 is 28.1 Å². The quantitative estimate of drug-likeness (QED) is 0.881. The lowest BCUT2D eigenvalue weighted by Crippen LogP contribution is -2.11. The van der Waals surface area contributed by atoms with Gasteiger partial charge in [0.15, 0.2) is 0 Å². The smallest absolute Gasteiger partial charge is 0.146 e. The molecule has 0 atom stereocenters. The van der Waals surface area contributed by atoms with Gasteiger partial charge in [0.1, 0.15) is 23.1 Å². The first-order valence-corrected chi connectivity index (χ1v) is 6.11. The summed E-state index contributed by atoms with van der Waals surface area (Å²) in [6, 6.07) is 9.19. The van der Waals surface area contributed by atoms with E-state index >= 15 is 0 Å². The van der Waals surface area contributed by atoms with Gasteiger partial charge in [-0.3, -0.25) is 0 Å². The first-order chi connectivity index (χ1) is 8.16. The normalized spacial score (nSPS) is 10.2.